The number of aryl methyl sites for hydroxylation is 1. The minimum absolute atomic E-state index is 0.00121. The Balaban J connectivity index is 0.00000331. The van der Waals surface area contributed by atoms with E-state index in [0.717, 1.165) is 17.3 Å². The molecule has 6 aromatic rings. The number of fused-ring (bicyclic) bond motifs is 4. The van der Waals surface area contributed by atoms with Gasteiger partial charge in [-0.15, -0.1) is 11.8 Å². The van der Waals surface area contributed by atoms with Crippen LogP contribution in [0.2, 0.25) is 15.1 Å². The molecule has 0 bridgehead atoms. The molecule has 6 aromatic carbocycles. The molecule has 1 saturated heterocycles. The van der Waals surface area contributed by atoms with E-state index in [2.05, 4.69) is 53.2 Å². The second-order valence-electron chi connectivity index (χ2n) is 37.1. The van der Waals surface area contributed by atoms with Gasteiger partial charge >= 0.3 is 18.1 Å². The number of nitrogens with zero attached hydrogens (tertiary/aromatic N) is 2. The Bertz CT molecular complexity index is 6400. The van der Waals surface area contributed by atoms with Gasteiger partial charge in [0.2, 0.25) is 70.9 Å². The monoisotopic (exact) mass is 2170 g/mol. The Labute approximate surface area is 863 Å². The summed E-state index contributed by atoms with van der Waals surface area (Å²) in [4.78, 5) is 193. The lowest BCUT2D eigenvalue weighted by Gasteiger charge is -2.40. The van der Waals surface area contributed by atoms with Crippen molar-refractivity contribution >= 4 is 167 Å². The number of aliphatic carboxylic acids is 1. The van der Waals surface area contributed by atoms with Crippen molar-refractivity contribution in [2.75, 3.05) is 44.4 Å². The van der Waals surface area contributed by atoms with Gasteiger partial charge in [-0.1, -0.05) is 110 Å². The van der Waals surface area contributed by atoms with E-state index in [1.54, 1.807) is 108 Å². The minimum Gasteiger partial charge on any atom is -0.508 e. The van der Waals surface area contributed by atoms with Crippen LogP contribution >= 0.6 is 46.6 Å². The molecule has 51 heteroatoms. The first-order valence-electron chi connectivity index (χ1n) is 46.7. The van der Waals surface area contributed by atoms with Crippen LogP contribution in [0.15, 0.2) is 111 Å². The molecule has 0 radical (unpaired) electrons. The summed E-state index contributed by atoms with van der Waals surface area (Å²) >= 11 is 22.0. The van der Waals surface area contributed by atoms with Gasteiger partial charge in [-0.2, -0.15) is 30.0 Å². The van der Waals surface area contributed by atoms with E-state index in [1.807, 2.05) is 0 Å². The van der Waals surface area contributed by atoms with Gasteiger partial charge < -0.3 is 106 Å². The SMILES string of the molecule is COc1ccc(C[C@@H](NC(=O)CCc2ccc(O)cc2)C(=O)N[C@@H](Cc2ccccc2)C(=O)N[C@@H](CCC(N)=O)C(=O)N[C@@H](CC(N)=O)C(=O)N[C@@H](CCCNC(=N)N)C(=O)N2CCC[C@H]2C(=O)N[C@@H](CCCCNC(=O)CCCCCNC(=O)CSc2c(Cl)c(Cl)c(C(=O)O)c(C3=c4cc5c(c(S(=O)(=O)O)c4Oc4c3cc3c(c4S(=O)(=O)O)NC(C)(C)CC3C)=NC(C)(C)CC5C)c2Cl)C(N)=O)cc1.O=C(O)C(F)(F)F. The lowest BCUT2D eigenvalue weighted by atomic mass is 9.79. The van der Waals surface area contributed by atoms with Crippen molar-refractivity contribution in [2.45, 2.75) is 256 Å². The number of hydrogen-bond donors (Lipinski definition) is 20. The number of carbonyl (C=O) groups excluding carboxylic acids is 12. The van der Waals surface area contributed by atoms with E-state index in [9.17, 15) is 112 Å². The Morgan fingerprint density at radius 1 is 0.612 bits per heavy atom. The number of phenolic OH excluding ortho intramolecular Hbond substituents is 1. The number of carboxylic acid groups (broad SMARTS) is 2. The number of anilines is 1. The molecule has 147 heavy (non-hydrogen) atoms. The fourth-order valence-corrected chi connectivity index (χ4v) is 21.3. The molecular weight excluding hydrogens is 2050 g/mol. The van der Waals surface area contributed by atoms with Crippen LogP contribution in [0.1, 0.15) is 212 Å². The molecule has 2 unspecified atom stereocenters. The van der Waals surface area contributed by atoms with Crippen LogP contribution < -0.4 is 96.2 Å². The Morgan fingerprint density at radius 2 is 1.17 bits per heavy atom. The van der Waals surface area contributed by atoms with E-state index in [-0.39, 0.29) is 146 Å². The molecule has 42 nitrogen and oxygen atoms in total. The second-order valence-corrected chi connectivity index (χ2v) is 42.0. The number of benzene rings is 6. The van der Waals surface area contributed by atoms with E-state index in [0.29, 0.717) is 61.0 Å². The van der Waals surface area contributed by atoms with Crippen LogP contribution in [-0.4, -0.2) is 234 Å². The van der Waals surface area contributed by atoms with Crippen LogP contribution in [0, 0.1) is 5.41 Å². The van der Waals surface area contributed by atoms with Gasteiger partial charge in [0, 0.05) is 90.6 Å². The highest BCUT2D eigenvalue weighted by Gasteiger charge is 2.46. The van der Waals surface area contributed by atoms with Gasteiger partial charge in [0.05, 0.1) is 56.5 Å². The lowest BCUT2D eigenvalue weighted by Crippen LogP contribution is -2.60. The maximum absolute atomic E-state index is 14.8. The largest absolute Gasteiger partial charge is 0.508 e. The summed E-state index contributed by atoms with van der Waals surface area (Å²) in [5.74, 6) is -17.1. The van der Waals surface area contributed by atoms with E-state index < -0.39 is 247 Å². The number of amides is 12. The van der Waals surface area contributed by atoms with Crippen LogP contribution in [-0.2, 0) is 102 Å². The third-order valence-electron chi connectivity index (χ3n) is 24.5. The first-order valence-corrected chi connectivity index (χ1v) is 51.7. The number of hydrogen-bond acceptors (Lipinski definition) is 25. The number of carboxylic acids is 2. The molecule has 1 fully saturated rings. The van der Waals surface area contributed by atoms with Crippen molar-refractivity contribution in [1.82, 2.24) is 52.8 Å². The highest BCUT2D eigenvalue weighted by atomic mass is 35.5. The number of methoxy groups -OCH3 is 1. The van der Waals surface area contributed by atoms with Gasteiger partial charge in [-0.3, -0.25) is 77.0 Å². The third-order valence-corrected chi connectivity index (χ3v) is 28.9. The van der Waals surface area contributed by atoms with Gasteiger partial charge in [-0.05, 0) is 187 Å². The highest BCUT2D eigenvalue weighted by molar-refractivity contribution is 8.00. The fraction of sp³-hybridized carbons (Fsp3) is 0.458. The summed E-state index contributed by atoms with van der Waals surface area (Å²) in [5.41, 5.74) is 21.7. The number of phenols is 1. The van der Waals surface area contributed by atoms with Crippen LogP contribution in [0.5, 0.6) is 23.0 Å². The van der Waals surface area contributed by atoms with E-state index in [4.69, 9.17) is 87.5 Å². The number of aromatic carboxylic acids is 1. The smallest absolute Gasteiger partial charge is 0.490 e. The zero-order valence-electron chi connectivity index (χ0n) is 81.1. The molecule has 4 aliphatic rings. The average Bonchev–Trinajstić information content (AvgIpc) is 0.768. The first kappa shape index (κ1) is 117. The van der Waals surface area contributed by atoms with Crippen molar-refractivity contribution in [3.05, 3.63) is 161 Å². The number of carbonyl (C=O) groups is 14. The average molecular weight is 2170 g/mol. The van der Waals surface area contributed by atoms with Gasteiger partial charge in [0.15, 0.2) is 27.2 Å². The summed E-state index contributed by atoms with van der Waals surface area (Å²) < 4.78 is 121. The lowest BCUT2D eigenvalue weighted by molar-refractivity contribution is -0.192. The molecule has 0 saturated carbocycles. The number of thioether (sulfide) groups is 1. The summed E-state index contributed by atoms with van der Waals surface area (Å²) in [5, 5.41) is 60.9. The molecule has 0 spiro atoms. The van der Waals surface area contributed by atoms with Gasteiger partial charge in [0.1, 0.15) is 53.8 Å². The predicted molar refractivity (Wildman–Crippen MR) is 534 cm³/mol. The van der Waals surface area contributed by atoms with Crippen LogP contribution in [0.25, 0.3) is 5.57 Å². The number of rotatable bonds is 48. The molecule has 0 aliphatic carbocycles. The molecule has 0 aromatic heterocycles. The maximum Gasteiger partial charge on any atom is 0.490 e. The van der Waals surface area contributed by atoms with Crippen LogP contribution in [0.3, 0.4) is 0 Å². The number of aromatic hydroxyl groups is 1. The van der Waals surface area contributed by atoms with Crippen LogP contribution in [0.4, 0.5) is 18.9 Å². The highest BCUT2D eigenvalue weighted by Crippen LogP contribution is 2.55. The molecule has 798 valence electrons. The zero-order valence-corrected chi connectivity index (χ0v) is 85.8. The van der Waals surface area contributed by atoms with Gasteiger partial charge in [-0.25, -0.2) is 9.59 Å². The number of guanidine groups is 1. The van der Waals surface area contributed by atoms with Crippen molar-refractivity contribution < 1.29 is 131 Å². The molecule has 24 N–H and O–H groups in total. The van der Waals surface area contributed by atoms with E-state index in [1.165, 1.54) is 36.3 Å². The first-order chi connectivity index (χ1) is 68.9. The quantitative estimate of drug-likeness (QED) is 0.00511. The Morgan fingerprint density at radius 3 is 1.76 bits per heavy atom. The summed E-state index contributed by atoms with van der Waals surface area (Å²) in [7, 11) is -9.28. The van der Waals surface area contributed by atoms with Crippen molar-refractivity contribution in [1.29, 1.82) is 5.41 Å². The Hall–Kier alpha value is -13.1. The number of primary amides is 3. The minimum atomic E-state index is -5.39. The fourth-order valence-electron chi connectivity index (χ4n) is 17.7. The van der Waals surface area contributed by atoms with E-state index >= 15 is 0 Å². The summed E-state index contributed by atoms with van der Waals surface area (Å²) in [6.45, 7) is 10.9. The number of likely N-dealkylation sites (tertiary alicyclic amines) is 1. The predicted octanol–water partition coefficient (Wildman–Crippen LogP) is 6.10. The molecule has 4 aliphatic heterocycles. The number of nitrogens with one attached hydrogen (secondary N) is 11. The topological polar surface area (TPSA) is 691 Å². The molecule has 4 heterocycles. The number of ether oxygens (including phenoxy) is 2. The van der Waals surface area contributed by atoms with Crippen molar-refractivity contribution in [2.24, 2.45) is 27.9 Å². The van der Waals surface area contributed by atoms with Crippen molar-refractivity contribution in [3.8, 4) is 23.0 Å². The number of unbranched alkanes of at least 4 members (excludes halogenated alkanes) is 3. The summed E-state index contributed by atoms with van der Waals surface area (Å²) in [6.07, 6.45) is -4.27. The molecular formula is C96H119Cl3F3N17O25S3. The molecule has 10 rings (SSSR count). The third kappa shape index (κ3) is 32.7. The van der Waals surface area contributed by atoms with Gasteiger partial charge in [0.25, 0.3) is 20.2 Å². The maximum atomic E-state index is 14.8. The zero-order chi connectivity index (χ0) is 109. The Kier molecular flexibility index (Phi) is 41.1. The standard InChI is InChI=1S/C94H118Cl3N17O23S3.C2HF3O2/c1-48-45-93(3,4)112-77-55(48)42-57-71(58-43-56-49(2)46-94(5,6)113-78(56)83(140(133,134)135)80(58)137-79(57)82(77)139(130,131)132)72-73(91(128)129)74(95)76(97)81(75(72)96)138-47-70(120)104-36-14-9-12-23-68(118)103-37-15-13-20-59(84(100)121)107-89(126)65-22-17-39-114(65)90(127)61(21-16-38-105-92(101)102)109-88(125)64(44-67(99)117)111-85(122)60(33-34-66(98)116)108-87(124)63(40-51-18-10-8-11-19-51)110-86(123)62(41-52-26-31-54(136-7)32-27-52)106-69(119)35-28-50-24-29-53(115)30-25-50;3-2(4,5)1(6)7/h8,10-11,18-19,24-27,29-32,42-43,48-49,59-65,112,115H,9,12-17,20-23,28,33-41,44-47H2,1-7H3,(H2,98,116)(H2,99,117)(H2,100,121)(H,103,118)(H,104,120)(H,106,119)(H,107,126)(H,108,124)(H,109,125)(H,110,123)(H,111,122)(H,128,129)(H4,101,102,105)(H,130,131,132)(H,133,134,135);(H,6,7)/t48?,49?,59-,60-,61-,62+,63-,64-,65-;/m0./s1. The number of halogens is 6. The number of alkyl halides is 3. The van der Waals surface area contributed by atoms with Crippen molar-refractivity contribution in [3.63, 3.8) is 0 Å². The normalized spacial score (nSPS) is 16.5. The second kappa shape index (κ2) is 51.5. The molecule has 12 amide bonds. The molecule has 9 atom stereocenters. The summed E-state index contributed by atoms with van der Waals surface area (Å²) in [6, 6.07) is 13.9. The number of nitrogens with two attached hydrogens (primary N) is 4.